The van der Waals surface area contributed by atoms with Crippen LogP contribution < -0.4 is 10.6 Å². The smallest absolute Gasteiger partial charge is 0.241 e. The molecule has 2 rings (SSSR count). The molecule has 0 bridgehead atoms. The molecule has 5 nitrogen and oxygen atoms in total. The summed E-state index contributed by atoms with van der Waals surface area (Å²) in [5.74, 6) is -0.183. The van der Waals surface area contributed by atoms with E-state index >= 15 is 0 Å². The van der Waals surface area contributed by atoms with Crippen LogP contribution >= 0.6 is 27.5 Å². The predicted octanol–water partition coefficient (Wildman–Crippen LogP) is 1.16. The number of rotatable bonds is 2. The minimum Gasteiger partial charge on any atom is -0.392 e. The molecule has 2 heterocycles. The van der Waals surface area contributed by atoms with Gasteiger partial charge in [-0.2, -0.15) is 0 Å². The summed E-state index contributed by atoms with van der Waals surface area (Å²) in [7, 11) is 0. The van der Waals surface area contributed by atoms with Gasteiger partial charge >= 0.3 is 0 Å². The fourth-order valence-electron chi connectivity index (χ4n) is 1.64. The van der Waals surface area contributed by atoms with Crippen LogP contribution in [0, 0.1) is 0 Å². The average Bonchev–Trinajstić information content (AvgIpc) is 2.70. The van der Waals surface area contributed by atoms with Gasteiger partial charge < -0.3 is 15.7 Å². The number of aliphatic hydroxyl groups is 1. The highest BCUT2D eigenvalue weighted by Crippen LogP contribution is 2.23. The van der Waals surface area contributed by atoms with Gasteiger partial charge in [0.1, 0.15) is 5.15 Å². The number of anilines is 1. The number of carbonyl (C=O) groups is 1. The third-order valence-corrected chi connectivity index (χ3v) is 3.62. The van der Waals surface area contributed by atoms with Gasteiger partial charge in [0.15, 0.2) is 0 Å². The van der Waals surface area contributed by atoms with E-state index in [0.29, 0.717) is 28.3 Å². The molecule has 0 aromatic carbocycles. The minimum atomic E-state index is -0.458. The van der Waals surface area contributed by atoms with Crippen LogP contribution in [0.2, 0.25) is 5.15 Å². The largest absolute Gasteiger partial charge is 0.392 e. The third-order valence-electron chi connectivity index (χ3n) is 2.49. The molecule has 0 aliphatic carbocycles. The number of amides is 1. The topological polar surface area (TPSA) is 74.2 Å². The molecule has 1 aliphatic rings. The Morgan fingerprint density at radius 1 is 1.71 bits per heavy atom. The number of hydrogen-bond donors (Lipinski definition) is 3. The molecule has 2 unspecified atom stereocenters. The maximum Gasteiger partial charge on any atom is 0.241 e. The number of nitrogens with one attached hydrogen (secondary N) is 2. The van der Waals surface area contributed by atoms with E-state index in [-0.39, 0.29) is 11.9 Å². The molecule has 1 aliphatic heterocycles. The van der Waals surface area contributed by atoms with Crippen LogP contribution in [0.3, 0.4) is 0 Å². The molecule has 1 aromatic rings. The molecule has 1 amide bonds. The van der Waals surface area contributed by atoms with Gasteiger partial charge in [0, 0.05) is 6.54 Å². The van der Waals surface area contributed by atoms with Crippen molar-refractivity contribution in [2.75, 3.05) is 11.9 Å². The zero-order valence-corrected chi connectivity index (χ0v) is 11.1. The van der Waals surface area contributed by atoms with Gasteiger partial charge in [-0.15, -0.1) is 0 Å². The van der Waals surface area contributed by atoms with Gasteiger partial charge in [-0.25, -0.2) is 4.98 Å². The predicted molar refractivity (Wildman–Crippen MR) is 68.0 cm³/mol. The van der Waals surface area contributed by atoms with Crippen LogP contribution in [-0.2, 0) is 4.79 Å². The van der Waals surface area contributed by atoms with Crippen molar-refractivity contribution in [3.63, 3.8) is 0 Å². The minimum absolute atomic E-state index is 0.183. The molecule has 2 atom stereocenters. The van der Waals surface area contributed by atoms with E-state index in [9.17, 15) is 9.90 Å². The second-order valence-corrected chi connectivity index (χ2v) is 5.05. The van der Waals surface area contributed by atoms with E-state index in [0.717, 1.165) is 0 Å². The zero-order valence-electron chi connectivity index (χ0n) is 8.78. The summed E-state index contributed by atoms with van der Waals surface area (Å²) in [5, 5.41) is 15.3. The van der Waals surface area contributed by atoms with E-state index in [1.54, 1.807) is 6.07 Å². The summed E-state index contributed by atoms with van der Waals surface area (Å²) in [5.41, 5.74) is 0.564. The summed E-state index contributed by atoms with van der Waals surface area (Å²) < 4.78 is 0.622. The molecule has 7 heteroatoms. The lowest BCUT2D eigenvalue weighted by Gasteiger charge is -2.11. The molecular weight excluding hydrogens is 309 g/mol. The molecule has 92 valence electrons. The van der Waals surface area contributed by atoms with Crippen LogP contribution in [-0.4, -0.2) is 34.7 Å². The van der Waals surface area contributed by atoms with Gasteiger partial charge in [-0.1, -0.05) is 11.6 Å². The first-order valence-electron chi connectivity index (χ1n) is 5.09. The molecule has 0 saturated carbocycles. The SMILES string of the molecule is O=C(Nc1cnc(Cl)c(Br)c1)C1CC(O)CN1. The van der Waals surface area contributed by atoms with Gasteiger partial charge in [-0.05, 0) is 28.4 Å². The Bertz CT molecular complexity index is 444. The lowest BCUT2D eigenvalue weighted by atomic mass is 10.2. The van der Waals surface area contributed by atoms with Gasteiger partial charge in [0.2, 0.25) is 5.91 Å². The average molecular weight is 321 g/mol. The number of hydrogen-bond acceptors (Lipinski definition) is 4. The van der Waals surface area contributed by atoms with Gasteiger partial charge in [0.25, 0.3) is 0 Å². The van der Waals surface area contributed by atoms with Crippen molar-refractivity contribution in [2.45, 2.75) is 18.6 Å². The number of nitrogens with zero attached hydrogens (tertiary/aromatic N) is 1. The molecule has 1 saturated heterocycles. The summed E-state index contributed by atoms with van der Waals surface area (Å²) in [6.45, 7) is 0.445. The maximum absolute atomic E-state index is 11.8. The summed E-state index contributed by atoms with van der Waals surface area (Å²) >= 11 is 8.98. The highest BCUT2D eigenvalue weighted by molar-refractivity contribution is 9.10. The number of aliphatic hydroxyl groups excluding tert-OH is 1. The van der Waals surface area contributed by atoms with Crippen LogP contribution in [0.25, 0.3) is 0 Å². The zero-order chi connectivity index (χ0) is 12.4. The first-order valence-corrected chi connectivity index (χ1v) is 6.26. The fraction of sp³-hybridized carbons (Fsp3) is 0.400. The van der Waals surface area contributed by atoms with Crippen LogP contribution in [0.1, 0.15) is 6.42 Å². The molecule has 1 fully saturated rings. The molecular formula is C10H11BrClN3O2. The normalized spacial score (nSPS) is 23.7. The molecule has 0 spiro atoms. The van der Waals surface area contributed by atoms with Crippen molar-refractivity contribution in [2.24, 2.45) is 0 Å². The monoisotopic (exact) mass is 319 g/mol. The van der Waals surface area contributed by atoms with Crippen molar-refractivity contribution in [3.8, 4) is 0 Å². The second kappa shape index (κ2) is 5.30. The summed E-state index contributed by atoms with van der Waals surface area (Å²) in [4.78, 5) is 15.7. The van der Waals surface area contributed by atoms with E-state index in [1.807, 2.05) is 0 Å². The van der Waals surface area contributed by atoms with Crippen molar-refractivity contribution in [3.05, 3.63) is 21.9 Å². The molecule has 3 N–H and O–H groups in total. The first kappa shape index (κ1) is 12.8. The Hall–Kier alpha value is -0.690. The summed E-state index contributed by atoms with van der Waals surface area (Å²) in [6.07, 6.45) is 1.45. The lowest BCUT2D eigenvalue weighted by molar-refractivity contribution is -0.117. The molecule has 0 radical (unpaired) electrons. The molecule has 17 heavy (non-hydrogen) atoms. The maximum atomic E-state index is 11.8. The Kier molecular flexibility index (Phi) is 3.98. The van der Waals surface area contributed by atoms with Gasteiger partial charge in [-0.3, -0.25) is 4.79 Å². The van der Waals surface area contributed by atoms with Crippen LogP contribution in [0.4, 0.5) is 5.69 Å². The first-order chi connectivity index (χ1) is 8.06. The Morgan fingerprint density at radius 2 is 2.47 bits per heavy atom. The lowest BCUT2D eigenvalue weighted by Crippen LogP contribution is -2.35. The Balaban J connectivity index is 2.00. The highest BCUT2D eigenvalue weighted by Gasteiger charge is 2.28. The van der Waals surface area contributed by atoms with E-state index in [1.165, 1.54) is 6.20 Å². The fourth-order valence-corrected chi connectivity index (χ4v) is 2.09. The Morgan fingerprint density at radius 3 is 3.06 bits per heavy atom. The van der Waals surface area contributed by atoms with Crippen molar-refractivity contribution in [1.82, 2.24) is 10.3 Å². The van der Waals surface area contributed by atoms with E-state index in [4.69, 9.17) is 11.6 Å². The standard InChI is InChI=1S/C10H11BrClN3O2/c11-7-1-5(3-14-9(7)12)15-10(17)8-2-6(16)4-13-8/h1,3,6,8,13,16H,2,4H2,(H,15,17). The number of aromatic nitrogens is 1. The van der Waals surface area contributed by atoms with E-state index < -0.39 is 6.10 Å². The highest BCUT2D eigenvalue weighted by atomic mass is 79.9. The van der Waals surface area contributed by atoms with Crippen molar-refractivity contribution < 1.29 is 9.90 Å². The summed E-state index contributed by atoms with van der Waals surface area (Å²) in [6, 6.07) is 1.32. The van der Waals surface area contributed by atoms with Crippen molar-refractivity contribution >= 4 is 39.1 Å². The van der Waals surface area contributed by atoms with Crippen LogP contribution in [0.15, 0.2) is 16.7 Å². The van der Waals surface area contributed by atoms with Crippen molar-refractivity contribution in [1.29, 1.82) is 0 Å². The number of halogens is 2. The quantitative estimate of drug-likeness (QED) is 0.715. The number of pyridine rings is 1. The van der Waals surface area contributed by atoms with Crippen LogP contribution in [0.5, 0.6) is 0 Å². The number of β-amino-alcohol motifs (C(OH)–C–C–N with tert-alkyl or cyclic N) is 1. The Labute approximate surface area is 112 Å². The van der Waals surface area contributed by atoms with Gasteiger partial charge in [0.05, 0.1) is 28.5 Å². The van der Waals surface area contributed by atoms with E-state index in [2.05, 4.69) is 31.5 Å². The third kappa shape index (κ3) is 3.16. The second-order valence-electron chi connectivity index (χ2n) is 3.84. The molecule has 1 aromatic heterocycles. The number of carbonyl (C=O) groups excluding carboxylic acids is 1.